The van der Waals surface area contributed by atoms with Crippen LogP contribution >= 0.6 is 23.2 Å². The van der Waals surface area contributed by atoms with Crippen molar-refractivity contribution in [3.8, 4) is 5.75 Å². The van der Waals surface area contributed by atoms with E-state index in [0.717, 1.165) is 11.3 Å². The molecule has 5 nitrogen and oxygen atoms in total. The Morgan fingerprint density at radius 3 is 2.36 bits per heavy atom. The number of nitrogens with one attached hydrogen (secondary N) is 2. The van der Waals surface area contributed by atoms with Crippen molar-refractivity contribution >= 4 is 34.9 Å². The van der Waals surface area contributed by atoms with Gasteiger partial charge in [-0.05, 0) is 50.0 Å². The molecule has 2 rings (SSSR count). The molecule has 0 saturated carbocycles. The Kier molecular flexibility index (Phi) is 6.93. The number of carbonyl (C=O) groups is 1. The number of hydrogen-bond acceptors (Lipinski definition) is 3. The number of benzene rings is 2. The maximum absolute atomic E-state index is 12.1. The summed E-state index contributed by atoms with van der Waals surface area (Å²) in [6, 6.07) is 12.5. The Balaban J connectivity index is 1.97. The van der Waals surface area contributed by atoms with Gasteiger partial charge in [0.2, 0.25) is 0 Å². The SMILES string of the molecule is COc1ccc([C@@H](CNC(=O)Nc2ccc(Cl)c(Cl)c2)N(C)C)cc1. The summed E-state index contributed by atoms with van der Waals surface area (Å²) in [6.45, 7) is 0.451. The summed E-state index contributed by atoms with van der Waals surface area (Å²) in [4.78, 5) is 14.2. The maximum Gasteiger partial charge on any atom is 0.319 e. The van der Waals surface area contributed by atoms with Crippen LogP contribution in [0.5, 0.6) is 5.75 Å². The molecule has 0 fully saturated rings. The summed E-state index contributed by atoms with van der Waals surface area (Å²) in [5, 5.41) is 6.45. The van der Waals surface area contributed by atoms with Crippen LogP contribution in [-0.4, -0.2) is 38.7 Å². The zero-order valence-corrected chi connectivity index (χ0v) is 15.9. The molecule has 0 aliphatic carbocycles. The summed E-state index contributed by atoms with van der Waals surface area (Å²) in [6.07, 6.45) is 0. The molecule has 0 saturated heterocycles. The van der Waals surface area contributed by atoms with Crippen molar-refractivity contribution < 1.29 is 9.53 Å². The first-order chi connectivity index (χ1) is 11.9. The quantitative estimate of drug-likeness (QED) is 0.777. The zero-order chi connectivity index (χ0) is 18.4. The van der Waals surface area contributed by atoms with E-state index in [4.69, 9.17) is 27.9 Å². The van der Waals surface area contributed by atoms with Gasteiger partial charge in [0, 0.05) is 12.2 Å². The maximum atomic E-state index is 12.1. The lowest BCUT2D eigenvalue weighted by Crippen LogP contribution is -2.36. The highest BCUT2D eigenvalue weighted by molar-refractivity contribution is 6.42. The first-order valence-electron chi connectivity index (χ1n) is 7.71. The van der Waals surface area contributed by atoms with Gasteiger partial charge in [-0.15, -0.1) is 0 Å². The molecule has 0 heterocycles. The normalized spacial score (nSPS) is 11.9. The third-order valence-electron chi connectivity index (χ3n) is 3.76. The van der Waals surface area contributed by atoms with Crippen LogP contribution in [-0.2, 0) is 0 Å². The lowest BCUT2D eigenvalue weighted by Gasteiger charge is -2.25. The molecule has 0 aliphatic heterocycles. The van der Waals surface area contributed by atoms with Crippen molar-refractivity contribution in [1.82, 2.24) is 10.2 Å². The van der Waals surface area contributed by atoms with Gasteiger partial charge in [0.25, 0.3) is 0 Å². The van der Waals surface area contributed by atoms with Gasteiger partial charge in [-0.2, -0.15) is 0 Å². The predicted molar refractivity (Wildman–Crippen MR) is 103 cm³/mol. The number of likely N-dealkylation sites (N-methyl/N-ethyl adjacent to an activating group) is 1. The van der Waals surface area contributed by atoms with Gasteiger partial charge in [0.05, 0.1) is 23.2 Å². The highest BCUT2D eigenvalue weighted by Crippen LogP contribution is 2.25. The van der Waals surface area contributed by atoms with Crippen LogP contribution in [0.4, 0.5) is 10.5 Å². The smallest absolute Gasteiger partial charge is 0.319 e. The molecule has 0 aliphatic rings. The van der Waals surface area contributed by atoms with Crippen molar-refractivity contribution in [3.05, 3.63) is 58.1 Å². The average Bonchev–Trinajstić information content (AvgIpc) is 2.58. The number of nitrogens with zero attached hydrogens (tertiary/aromatic N) is 1. The van der Waals surface area contributed by atoms with Crippen LogP contribution < -0.4 is 15.4 Å². The van der Waals surface area contributed by atoms with E-state index >= 15 is 0 Å². The molecule has 2 N–H and O–H groups in total. The molecule has 134 valence electrons. The molecule has 2 amide bonds. The molecule has 0 unspecified atom stereocenters. The number of anilines is 1. The van der Waals surface area contributed by atoms with Gasteiger partial charge >= 0.3 is 6.03 Å². The molecular weight excluding hydrogens is 361 g/mol. The molecule has 2 aromatic carbocycles. The van der Waals surface area contributed by atoms with E-state index in [-0.39, 0.29) is 12.1 Å². The highest BCUT2D eigenvalue weighted by atomic mass is 35.5. The number of carbonyl (C=O) groups excluding carboxylic acids is 1. The van der Waals surface area contributed by atoms with Crippen molar-refractivity contribution in [2.24, 2.45) is 0 Å². The van der Waals surface area contributed by atoms with Crippen molar-refractivity contribution in [2.45, 2.75) is 6.04 Å². The Labute approximate surface area is 157 Å². The number of amides is 2. The molecule has 0 spiro atoms. The fourth-order valence-electron chi connectivity index (χ4n) is 2.36. The third-order valence-corrected chi connectivity index (χ3v) is 4.50. The summed E-state index contributed by atoms with van der Waals surface area (Å²) < 4.78 is 5.18. The van der Waals surface area contributed by atoms with E-state index in [1.807, 2.05) is 43.3 Å². The lowest BCUT2D eigenvalue weighted by atomic mass is 10.1. The number of hydrogen-bond donors (Lipinski definition) is 2. The minimum Gasteiger partial charge on any atom is -0.497 e. The molecule has 0 bridgehead atoms. The summed E-state index contributed by atoms with van der Waals surface area (Å²) >= 11 is 11.8. The van der Waals surface area contributed by atoms with Crippen LogP contribution in [0.15, 0.2) is 42.5 Å². The highest BCUT2D eigenvalue weighted by Gasteiger charge is 2.15. The van der Waals surface area contributed by atoms with E-state index in [1.165, 1.54) is 0 Å². The topological polar surface area (TPSA) is 53.6 Å². The van der Waals surface area contributed by atoms with Crippen molar-refractivity contribution in [1.29, 1.82) is 0 Å². The number of rotatable bonds is 6. The summed E-state index contributed by atoms with van der Waals surface area (Å²) in [5.74, 6) is 0.798. The fourth-order valence-corrected chi connectivity index (χ4v) is 2.66. The second-order valence-electron chi connectivity index (χ2n) is 5.72. The third kappa shape index (κ3) is 5.53. The van der Waals surface area contributed by atoms with Crippen LogP contribution in [0, 0.1) is 0 Å². The Bertz CT molecular complexity index is 721. The Hall–Kier alpha value is -1.95. The molecule has 25 heavy (non-hydrogen) atoms. The van der Waals surface area contributed by atoms with Gasteiger partial charge < -0.3 is 20.3 Å². The van der Waals surface area contributed by atoms with Gasteiger partial charge in [-0.3, -0.25) is 0 Å². The van der Waals surface area contributed by atoms with Gasteiger partial charge in [-0.1, -0.05) is 35.3 Å². The van der Waals surface area contributed by atoms with E-state index < -0.39 is 0 Å². The minimum absolute atomic E-state index is 0.0328. The first kappa shape index (κ1) is 19.4. The van der Waals surface area contributed by atoms with Crippen LogP contribution in [0.3, 0.4) is 0 Å². The van der Waals surface area contributed by atoms with Gasteiger partial charge in [0.1, 0.15) is 5.75 Å². The van der Waals surface area contributed by atoms with E-state index in [2.05, 4.69) is 10.6 Å². The Morgan fingerprint density at radius 1 is 1.12 bits per heavy atom. The molecule has 2 aromatic rings. The molecule has 0 aromatic heterocycles. The van der Waals surface area contributed by atoms with Gasteiger partial charge in [-0.25, -0.2) is 4.79 Å². The second-order valence-corrected chi connectivity index (χ2v) is 6.53. The number of ether oxygens (including phenoxy) is 1. The minimum atomic E-state index is -0.307. The van der Waals surface area contributed by atoms with Crippen LogP contribution in [0.1, 0.15) is 11.6 Å². The first-order valence-corrected chi connectivity index (χ1v) is 8.46. The van der Waals surface area contributed by atoms with Gasteiger partial charge in [0.15, 0.2) is 0 Å². The van der Waals surface area contributed by atoms with Crippen molar-refractivity contribution in [3.63, 3.8) is 0 Å². The number of methoxy groups -OCH3 is 1. The zero-order valence-electron chi connectivity index (χ0n) is 14.3. The molecular formula is C18H21Cl2N3O2. The number of urea groups is 1. The summed E-state index contributed by atoms with van der Waals surface area (Å²) in [5.41, 5.74) is 1.67. The van der Waals surface area contributed by atoms with Crippen LogP contribution in [0.2, 0.25) is 10.0 Å². The lowest BCUT2D eigenvalue weighted by molar-refractivity contribution is 0.243. The van der Waals surface area contributed by atoms with E-state index in [1.54, 1.807) is 25.3 Å². The second kappa shape index (κ2) is 8.94. The Morgan fingerprint density at radius 2 is 1.80 bits per heavy atom. The number of halogens is 2. The van der Waals surface area contributed by atoms with Crippen molar-refractivity contribution in [2.75, 3.05) is 33.1 Å². The largest absolute Gasteiger partial charge is 0.497 e. The fraction of sp³-hybridized carbons (Fsp3) is 0.278. The molecule has 7 heteroatoms. The van der Waals surface area contributed by atoms with Crippen LogP contribution in [0.25, 0.3) is 0 Å². The molecule has 0 radical (unpaired) electrons. The summed E-state index contributed by atoms with van der Waals surface area (Å²) in [7, 11) is 5.56. The standard InChI is InChI=1S/C18H21Cl2N3O2/c1-23(2)17(12-4-7-14(25-3)8-5-12)11-21-18(24)22-13-6-9-15(19)16(20)10-13/h4-10,17H,11H2,1-3H3,(H2,21,22,24)/t17-/m1/s1. The predicted octanol–water partition coefficient (Wildman–Crippen LogP) is 4.43. The average molecular weight is 382 g/mol. The van der Waals surface area contributed by atoms with E-state index in [9.17, 15) is 4.79 Å². The molecule has 1 atom stereocenters. The monoisotopic (exact) mass is 381 g/mol. The van der Waals surface area contributed by atoms with E-state index in [0.29, 0.717) is 22.3 Å².